The van der Waals surface area contributed by atoms with Crippen molar-refractivity contribution in [3.63, 3.8) is 0 Å². The van der Waals surface area contributed by atoms with Crippen LogP contribution in [0.1, 0.15) is 11.6 Å². The van der Waals surface area contributed by atoms with Crippen LogP contribution in [0.15, 0.2) is 29.0 Å². The number of hydrogen-bond acceptors (Lipinski definition) is 4. The number of aliphatic hydroxyl groups is 1. The van der Waals surface area contributed by atoms with Gasteiger partial charge in [-0.25, -0.2) is 0 Å². The maximum atomic E-state index is 8.84. The quantitative estimate of drug-likeness (QED) is 0.714. The Bertz CT molecular complexity index is 411. The van der Waals surface area contributed by atoms with Crippen LogP contribution in [-0.2, 0) is 0 Å². The van der Waals surface area contributed by atoms with E-state index in [0.717, 1.165) is 16.5 Å². The summed E-state index contributed by atoms with van der Waals surface area (Å²) in [6, 6.07) is 5.21. The highest BCUT2D eigenvalue weighted by atomic mass is 16.5. The van der Waals surface area contributed by atoms with Crippen molar-refractivity contribution in [2.75, 3.05) is 6.61 Å². The van der Waals surface area contributed by atoms with Crippen LogP contribution in [-0.4, -0.2) is 16.9 Å². The predicted molar refractivity (Wildman–Crippen MR) is 48.0 cm³/mol. The molecule has 0 spiro atoms. The zero-order valence-electron chi connectivity index (χ0n) is 6.97. The third-order valence-electron chi connectivity index (χ3n) is 2.01. The average Bonchev–Trinajstić information content (AvgIpc) is 2.63. The van der Waals surface area contributed by atoms with Gasteiger partial charge < -0.3 is 15.4 Å². The van der Waals surface area contributed by atoms with Crippen molar-refractivity contribution < 1.29 is 9.63 Å². The summed E-state index contributed by atoms with van der Waals surface area (Å²) in [7, 11) is 0. The Morgan fingerprint density at radius 1 is 1.54 bits per heavy atom. The van der Waals surface area contributed by atoms with Crippen molar-refractivity contribution in [1.82, 2.24) is 5.16 Å². The molecule has 13 heavy (non-hydrogen) atoms. The molecule has 0 radical (unpaired) electrons. The molecule has 68 valence electrons. The maximum absolute atomic E-state index is 8.84. The molecule has 1 unspecified atom stereocenters. The van der Waals surface area contributed by atoms with Crippen LogP contribution < -0.4 is 5.73 Å². The fraction of sp³-hybridized carbons (Fsp3) is 0.222. The molecule has 2 aromatic rings. The van der Waals surface area contributed by atoms with E-state index in [1.54, 1.807) is 6.26 Å². The monoisotopic (exact) mass is 178 g/mol. The summed E-state index contributed by atoms with van der Waals surface area (Å²) in [4.78, 5) is 0. The minimum Gasteiger partial charge on any atom is -0.394 e. The van der Waals surface area contributed by atoms with Crippen LogP contribution in [0.25, 0.3) is 10.9 Å². The Kier molecular flexibility index (Phi) is 2.00. The number of nitrogens with zero attached hydrogens (tertiary/aromatic N) is 1. The molecule has 2 rings (SSSR count). The van der Waals surface area contributed by atoms with Crippen LogP contribution in [0.5, 0.6) is 0 Å². The van der Waals surface area contributed by atoms with Gasteiger partial charge in [0.1, 0.15) is 11.8 Å². The Hall–Kier alpha value is -1.39. The molecule has 0 aliphatic heterocycles. The number of benzene rings is 1. The Morgan fingerprint density at radius 2 is 2.38 bits per heavy atom. The average molecular weight is 178 g/mol. The fourth-order valence-electron chi connectivity index (χ4n) is 1.22. The van der Waals surface area contributed by atoms with Gasteiger partial charge in [-0.3, -0.25) is 0 Å². The van der Waals surface area contributed by atoms with Crippen molar-refractivity contribution in [3.05, 3.63) is 30.0 Å². The summed E-state index contributed by atoms with van der Waals surface area (Å²) >= 11 is 0. The largest absolute Gasteiger partial charge is 0.394 e. The number of hydrogen-bond donors (Lipinski definition) is 2. The summed E-state index contributed by atoms with van der Waals surface area (Å²) in [5, 5.41) is 13.6. The van der Waals surface area contributed by atoms with Crippen LogP contribution in [0.3, 0.4) is 0 Å². The molecule has 3 N–H and O–H groups in total. The number of aliphatic hydroxyl groups excluding tert-OH is 1. The number of fused-ring (bicyclic) bond motifs is 1. The second kappa shape index (κ2) is 3.16. The lowest BCUT2D eigenvalue weighted by Crippen LogP contribution is -2.14. The van der Waals surface area contributed by atoms with Gasteiger partial charge in [-0.15, -0.1) is 0 Å². The summed E-state index contributed by atoms with van der Waals surface area (Å²) in [5.74, 6) is 0. The first-order valence-corrected chi connectivity index (χ1v) is 4.02. The van der Waals surface area contributed by atoms with E-state index in [1.807, 2.05) is 18.2 Å². The normalized spacial score (nSPS) is 13.4. The standard InChI is InChI=1S/C9H10N2O2/c10-8(4-12)6-1-2-7-5-13-11-9(7)3-6/h1-3,5,8,12H,4,10H2. The highest BCUT2D eigenvalue weighted by Crippen LogP contribution is 2.17. The first-order valence-electron chi connectivity index (χ1n) is 4.02. The first kappa shape index (κ1) is 8.22. The topological polar surface area (TPSA) is 72.3 Å². The van der Waals surface area contributed by atoms with Crippen LogP contribution in [0, 0.1) is 0 Å². The highest BCUT2D eigenvalue weighted by molar-refractivity contribution is 5.77. The van der Waals surface area contributed by atoms with Gasteiger partial charge in [0.05, 0.1) is 12.6 Å². The fourth-order valence-corrected chi connectivity index (χ4v) is 1.22. The van der Waals surface area contributed by atoms with Crippen molar-refractivity contribution in [2.45, 2.75) is 6.04 Å². The van der Waals surface area contributed by atoms with E-state index in [0.29, 0.717) is 0 Å². The minimum atomic E-state index is -0.346. The van der Waals surface area contributed by atoms with Gasteiger partial charge in [0.25, 0.3) is 0 Å². The van der Waals surface area contributed by atoms with Crippen molar-refractivity contribution in [1.29, 1.82) is 0 Å². The molecule has 1 heterocycles. The molecule has 0 fully saturated rings. The lowest BCUT2D eigenvalue weighted by Gasteiger charge is -2.06. The van der Waals surface area contributed by atoms with E-state index in [-0.39, 0.29) is 12.6 Å². The molecule has 4 nitrogen and oxygen atoms in total. The Balaban J connectivity index is 2.48. The number of nitrogens with two attached hydrogens (primary N) is 1. The second-order valence-corrected chi connectivity index (χ2v) is 2.92. The van der Waals surface area contributed by atoms with Gasteiger partial charge in [0.2, 0.25) is 0 Å². The van der Waals surface area contributed by atoms with Gasteiger partial charge >= 0.3 is 0 Å². The molecular formula is C9H10N2O2. The van der Waals surface area contributed by atoms with Gasteiger partial charge in [0.15, 0.2) is 0 Å². The molecule has 1 aromatic heterocycles. The Labute approximate surface area is 74.9 Å². The second-order valence-electron chi connectivity index (χ2n) is 2.92. The summed E-state index contributed by atoms with van der Waals surface area (Å²) in [6.45, 7) is -0.0661. The van der Waals surface area contributed by atoms with E-state index in [4.69, 9.17) is 15.4 Å². The van der Waals surface area contributed by atoms with E-state index in [9.17, 15) is 0 Å². The zero-order valence-corrected chi connectivity index (χ0v) is 6.97. The lowest BCUT2D eigenvalue weighted by molar-refractivity contribution is 0.268. The van der Waals surface area contributed by atoms with E-state index in [2.05, 4.69) is 5.16 Å². The van der Waals surface area contributed by atoms with Gasteiger partial charge in [0, 0.05) is 5.39 Å². The van der Waals surface area contributed by atoms with Crippen LogP contribution in [0.2, 0.25) is 0 Å². The highest BCUT2D eigenvalue weighted by Gasteiger charge is 2.06. The van der Waals surface area contributed by atoms with Crippen molar-refractivity contribution >= 4 is 10.9 Å². The molecule has 0 bridgehead atoms. The van der Waals surface area contributed by atoms with Crippen molar-refractivity contribution in [2.24, 2.45) is 5.73 Å². The molecule has 0 saturated heterocycles. The van der Waals surface area contributed by atoms with E-state index >= 15 is 0 Å². The third-order valence-corrected chi connectivity index (χ3v) is 2.01. The predicted octanol–water partition coefficient (Wildman–Crippen LogP) is 0.820. The van der Waals surface area contributed by atoms with E-state index < -0.39 is 0 Å². The summed E-state index contributed by atoms with van der Waals surface area (Å²) < 4.78 is 4.78. The molecule has 1 aromatic carbocycles. The van der Waals surface area contributed by atoms with Crippen LogP contribution in [0.4, 0.5) is 0 Å². The SMILES string of the molecule is NC(CO)c1ccc2conc2c1. The lowest BCUT2D eigenvalue weighted by atomic mass is 10.1. The first-order chi connectivity index (χ1) is 6.31. The van der Waals surface area contributed by atoms with Crippen LogP contribution >= 0.6 is 0 Å². The van der Waals surface area contributed by atoms with E-state index in [1.165, 1.54) is 0 Å². The number of aromatic nitrogens is 1. The molecule has 0 aliphatic carbocycles. The molecule has 0 aliphatic rings. The third kappa shape index (κ3) is 1.41. The minimum absolute atomic E-state index is 0.0661. The molecule has 4 heteroatoms. The summed E-state index contributed by atoms with van der Waals surface area (Å²) in [5.41, 5.74) is 7.28. The molecule has 0 saturated carbocycles. The maximum Gasteiger partial charge on any atom is 0.131 e. The van der Waals surface area contributed by atoms with Gasteiger partial charge in [-0.05, 0) is 17.7 Å². The van der Waals surface area contributed by atoms with Crippen molar-refractivity contribution in [3.8, 4) is 0 Å². The molecule has 0 amide bonds. The van der Waals surface area contributed by atoms with Gasteiger partial charge in [-0.1, -0.05) is 11.2 Å². The van der Waals surface area contributed by atoms with Gasteiger partial charge in [-0.2, -0.15) is 0 Å². The zero-order chi connectivity index (χ0) is 9.26. The number of rotatable bonds is 2. The Morgan fingerprint density at radius 3 is 3.15 bits per heavy atom. The molecular weight excluding hydrogens is 168 g/mol. The molecule has 1 atom stereocenters. The smallest absolute Gasteiger partial charge is 0.131 e. The summed E-state index contributed by atoms with van der Waals surface area (Å²) in [6.07, 6.45) is 1.57.